The lowest BCUT2D eigenvalue weighted by atomic mass is 10.1. The molecule has 3 N–H and O–H groups in total. The van der Waals surface area contributed by atoms with Crippen LogP contribution in [-0.2, 0) is 11.3 Å². The van der Waals surface area contributed by atoms with Crippen molar-refractivity contribution >= 4 is 23.4 Å². The smallest absolute Gasteiger partial charge is 0.341 e. The summed E-state index contributed by atoms with van der Waals surface area (Å²) in [6.45, 7) is 2.51. The Morgan fingerprint density at radius 3 is 2.29 bits per heavy atom. The summed E-state index contributed by atoms with van der Waals surface area (Å²) in [6, 6.07) is 15.4. The van der Waals surface area contributed by atoms with Crippen molar-refractivity contribution in [2.24, 2.45) is 0 Å². The lowest BCUT2D eigenvalue weighted by Crippen LogP contribution is -2.13. The molecule has 2 aromatic carbocycles. The maximum atomic E-state index is 10.6. The van der Waals surface area contributed by atoms with Crippen LogP contribution in [0.5, 0.6) is 11.5 Å². The number of benzene rings is 2. The van der Waals surface area contributed by atoms with Crippen LogP contribution in [0.4, 0.5) is 0 Å². The first-order chi connectivity index (χ1) is 13.5. The number of ether oxygens (including phenoxy) is 2. The highest BCUT2D eigenvalue weighted by molar-refractivity contribution is 8.03. The highest BCUT2D eigenvalue weighted by Gasteiger charge is 2.06. The van der Waals surface area contributed by atoms with Crippen molar-refractivity contribution in [3.63, 3.8) is 0 Å². The molecule has 0 atom stereocenters. The van der Waals surface area contributed by atoms with Crippen molar-refractivity contribution < 1.29 is 19.4 Å². The van der Waals surface area contributed by atoms with Crippen molar-refractivity contribution in [1.82, 2.24) is 10.6 Å². The van der Waals surface area contributed by atoms with E-state index < -0.39 is 5.97 Å². The molecule has 6 nitrogen and oxygen atoms in total. The first-order valence-electron chi connectivity index (χ1n) is 8.83. The molecule has 0 amide bonds. The summed E-state index contributed by atoms with van der Waals surface area (Å²) in [5.74, 6) is 1.18. The van der Waals surface area contributed by atoms with Crippen LogP contribution in [0.25, 0.3) is 5.70 Å². The third-order valence-electron chi connectivity index (χ3n) is 3.99. The number of carbonyl (C=O) groups is 1. The van der Waals surface area contributed by atoms with Crippen LogP contribution in [0.1, 0.15) is 18.1 Å². The average Bonchev–Trinajstić information content (AvgIpc) is 2.71. The average molecular weight is 403 g/mol. The van der Waals surface area contributed by atoms with Crippen LogP contribution >= 0.6 is 11.8 Å². The summed E-state index contributed by atoms with van der Waals surface area (Å²) in [5.41, 5.74) is 3.25. The molecule has 0 aliphatic rings. The largest absolute Gasteiger partial charge is 0.497 e. The molecule has 150 valence electrons. The molecule has 0 saturated carbocycles. The fourth-order valence-corrected chi connectivity index (χ4v) is 3.34. The van der Waals surface area contributed by atoms with Gasteiger partial charge in [0, 0.05) is 24.4 Å². The van der Waals surface area contributed by atoms with Crippen LogP contribution in [0.3, 0.4) is 0 Å². The Morgan fingerprint density at radius 2 is 1.71 bits per heavy atom. The van der Waals surface area contributed by atoms with Gasteiger partial charge in [-0.2, -0.15) is 0 Å². The van der Waals surface area contributed by atoms with E-state index in [-0.39, 0.29) is 6.61 Å². The van der Waals surface area contributed by atoms with E-state index in [1.54, 1.807) is 31.0 Å². The first kappa shape index (κ1) is 21.7. The van der Waals surface area contributed by atoms with Gasteiger partial charge < -0.3 is 25.2 Å². The zero-order chi connectivity index (χ0) is 20.4. The summed E-state index contributed by atoms with van der Waals surface area (Å²) in [6.07, 6.45) is 0. The Labute approximate surface area is 169 Å². The van der Waals surface area contributed by atoms with Gasteiger partial charge in [0.2, 0.25) is 0 Å². The Bertz CT molecular complexity index is 789. The number of hydrogen-bond acceptors (Lipinski definition) is 6. The summed E-state index contributed by atoms with van der Waals surface area (Å²) in [7, 11) is 3.55. The number of allylic oxidation sites excluding steroid dienone is 1. The number of carboxylic acids is 1. The van der Waals surface area contributed by atoms with Crippen molar-refractivity contribution in [2.75, 3.05) is 26.6 Å². The predicted octanol–water partition coefficient (Wildman–Crippen LogP) is 3.55. The quantitative estimate of drug-likeness (QED) is 0.392. The van der Waals surface area contributed by atoms with E-state index in [2.05, 4.69) is 17.6 Å². The van der Waals surface area contributed by atoms with E-state index in [4.69, 9.17) is 14.6 Å². The van der Waals surface area contributed by atoms with Crippen LogP contribution in [0.15, 0.2) is 53.4 Å². The number of methoxy groups -OCH3 is 1. The van der Waals surface area contributed by atoms with Crippen molar-refractivity contribution in [3.05, 3.63) is 64.6 Å². The number of carboxylic acid groups (broad SMARTS) is 1. The number of hydrogen-bond donors (Lipinski definition) is 3. The topological polar surface area (TPSA) is 79.8 Å². The van der Waals surface area contributed by atoms with Gasteiger partial charge >= 0.3 is 5.97 Å². The molecule has 0 aliphatic carbocycles. The maximum Gasteiger partial charge on any atom is 0.341 e. The number of thioether (sulfide) groups is 1. The minimum Gasteiger partial charge on any atom is -0.497 e. The van der Waals surface area contributed by atoms with Gasteiger partial charge in [-0.15, -0.1) is 11.8 Å². The highest BCUT2D eigenvalue weighted by atomic mass is 32.2. The fourth-order valence-electron chi connectivity index (χ4n) is 2.56. The molecule has 0 saturated heterocycles. The lowest BCUT2D eigenvalue weighted by Gasteiger charge is -2.13. The summed E-state index contributed by atoms with van der Waals surface area (Å²) < 4.78 is 10.3. The first-order valence-corrected chi connectivity index (χ1v) is 9.82. The predicted molar refractivity (Wildman–Crippen MR) is 114 cm³/mol. The second-order valence-corrected chi connectivity index (χ2v) is 7.14. The van der Waals surface area contributed by atoms with E-state index in [0.717, 1.165) is 34.3 Å². The maximum absolute atomic E-state index is 10.6. The Hall–Kier alpha value is -2.64. The Balaban J connectivity index is 1.88. The third kappa shape index (κ3) is 6.83. The normalized spacial score (nSPS) is 11.5. The van der Waals surface area contributed by atoms with E-state index >= 15 is 0 Å². The van der Waals surface area contributed by atoms with Gasteiger partial charge in [-0.25, -0.2) is 4.79 Å². The van der Waals surface area contributed by atoms with Crippen LogP contribution in [0, 0.1) is 0 Å². The van der Waals surface area contributed by atoms with Gasteiger partial charge in [-0.1, -0.05) is 12.1 Å². The minimum absolute atomic E-state index is 0.344. The van der Waals surface area contributed by atoms with E-state index in [9.17, 15) is 4.79 Å². The molecule has 0 unspecified atom stereocenters. The molecule has 28 heavy (non-hydrogen) atoms. The van der Waals surface area contributed by atoms with Gasteiger partial charge in [-0.3, -0.25) is 0 Å². The standard InChI is InChI=1S/C21H26N2O4S/c1-15(28-14-23-12-16-4-8-18(26-3)9-5-16)21(22-2)17-6-10-19(11-7-17)27-13-20(24)25/h4-11,22-23H,12-14H2,1-3H3,(H,24,25)/b21-15-. The molecule has 0 radical (unpaired) electrons. The molecule has 2 rings (SSSR count). The molecule has 0 aromatic heterocycles. The Morgan fingerprint density at radius 1 is 1.07 bits per heavy atom. The lowest BCUT2D eigenvalue weighted by molar-refractivity contribution is -0.139. The zero-order valence-corrected chi connectivity index (χ0v) is 17.1. The van der Waals surface area contributed by atoms with Gasteiger partial charge in [-0.05, 0) is 54.4 Å². The van der Waals surface area contributed by atoms with Gasteiger partial charge in [0.05, 0.1) is 12.8 Å². The zero-order valence-electron chi connectivity index (χ0n) is 16.3. The molecular formula is C21H26N2O4S. The number of nitrogens with one attached hydrogen (secondary N) is 2. The summed E-state index contributed by atoms with van der Waals surface area (Å²) >= 11 is 1.72. The second kappa shape index (κ2) is 11.3. The number of rotatable bonds is 11. The molecule has 0 spiro atoms. The molecule has 0 bridgehead atoms. The van der Waals surface area contributed by atoms with Crippen molar-refractivity contribution in [2.45, 2.75) is 13.5 Å². The van der Waals surface area contributed by atoms with E-state index in [1.807, 2.05) is 43.4 Å². The molecule has 7 heteroatoms. The van der Waals surface area contributed by atoms with Crippen LogP contribution in [-0.4, -0.2) is 37.7 Å². The number of aliphatic carboxylic acids is 1. The molecular weight excluding hydrogens is 376 g/mol. The van der Waals surface area contributed by atoms with Gasteiger partial charge in [0.1, 0.15) is 11.5 Å². The van der Waals surface area contributed by atoms with Crippen molar-refractivity contribution in [1.29, 1.82) is 0 Å². The molecule has 2 aromatic rings. The minimum atomic E-state index is -0.991. The fraction of sp³-hybridized carbons (Fsp3) is 0.286. The van der Waals surface area contributed by atoms with E-state index in [0.29, 0.717) is 5.75 Å². The monoisotopic (exact) mass is 402 g/mol. The van der Waals surface area contributed by atoms with Gasteiger partial charge in [0.25, 0.3) is 0 Å². The second-order valence-electron chi connectivity index (χ2n) is 5.95. The highest BCUT2D eigenvalue weighted by Crippen LogP contribution is 2.25. The Kier molecular flexibility index (Phi) is 8.71. The summed E-state index contributed by atoms with van der Waals surface area (Å²) in [5, 5.41) is 15.3. The van der Waals surface area contributed by atoms with Gasteiger partial charge in [0.15, 0.2) is 6.61 Å². The van der Waals surface area contributed by atoms with Crippen molar-refractivity contribution in [3.8, 4) is 11.5 Å². The molecule has 0 heterocycles. The SMILES string of the molecule is CN/C(=C(/C)SCNCc1ccc(OC)cc1)c1ccc(OCC(=O)O)cc1. The van der Waals surface area contributed by atoms with E-state index in [1.165, 1.54) is 5.56 Å². The van der Waals surface area contributed by atoms with Crippen LogP contribution in [0.2, 0.25) is 0 Å². The third-order valence-corrected chi connectivity index (χ3v) is 4.97. The summed E-state index contributed by atoms with van der Waals surface area (Å²) in [4.78, 5) is 11.7. The van der Waals surface area contributed by atoms with Crippen LogP contribution < -0.4 is 20.1 Å². The molecule has 0 aliphatic heterocycles. The molecule has 0 fully saturated rings.